The van der Waals surface area contributed by atoms with Crippen molar-refractivity contribution in [2.24, 2.45) is 0 Å². The lowest BCUT2D eigenvalue weighted by molar-refractivity contribution is 0.407. The molecule has 0 saturated heterocycles. The van der Waals surface area contributed by atoms with E-state index in [1.165, 1.54) is 11.1 Å². The van der Waals surface area contributed by atoms with E-state index in [-0.39, 0.29) is 0 Å². The molecule has 0 spiro atoms. The van der Waals surface area contributed by atoms with Crippen LogP contribution < -0.4 is 4.74 Å². The minimum atomic E-state index is 0.499. The van der Waals surface area contributed by atoms with Crippen LogP contribution in [0, 0.1) is 0 Å². The lowest BCUT2D eigenvalue weighted by Crippen LogP contribution is -1.98. The average molecular weight is 232 g/mol. The van der Waals surface area contributed by atoms with E-state index in [1.807, 2.05) is 0 Å². The summed E-state index contributed by atoms with van der Waals surface area (Å²) in [5, 5.41) is 0. The molecule has 0 bridgehead atoms. The fourth-order valence-electron chi connectivity index (χ4n) is 1.99. The number of hydrogen-bond acceptors (Lipinski definition) is 1. The molecular weight excluding hydrogens is 208 g/mol. The van der Waals surface area contributed by atoms with Crippen LogP contribution in [0.3, 0.4) is 0 Å². The highest BCUT2D eigenvalue weighted by Crippen LogP contribution is 2.30. The van der Waals surface area contributed by atoms with Crippen LogP contribution in [0.25, 0.3) is 0 Å². The first-order valence-electron chi connectivity index (χ1n) is 6.39. The molecule has 1 heteroatoms. The van der Waals surface area contributed by atoms with E-state index >= 15 is 0 Å². The van der Waals surface area contributed by atoms with Crippen LogP contribution in [0.15, 0.2) is 30.4 Å². The number of methoxy groups -OCH3 is 1. The highest BCUT2D eigenvalue weighted by Gasteiger charge is 2.11. The molecule has 0 fully saturated rings. The fraction of sp³-hybridized carbons (Fsp3) is 0.500. The second kappa shape index (κ2) is 6.48. The third-order valence-electron chi connectivity index (χ3n) is 3.17. The van der Waals surface area contributed by atoms with Crippen LogP contribution in [-0.4, -0.2) is 7.11 Å². The molecule has 0 N–H and O–H groups in total. The lowest BCUT2D eigenvalue weighted by atomic mass is 9.92. The molecule has 1 unspecified atom stereocenters. The predicted molar refractivity (Wildman–Crippen MR) is 74.9 cm³/mol. The molecule has 1 aromatic carbocycles. The predicted octanol–water partition coefficient (Wildman–Crippen LogP) is 4.89. The van der Waals surface area contributed by atoms with Crippen molar-refractivity contribution in [2.75, 3.05) is 7.11 Å². The summed E-state index contributed by atoms with van der Waals surface area (Å²) in [5.74, 6) is 2.07. The van der Waals surface area contributed by atoms with Crippen molar-refractivity contribution >= 4 is 0 Å². The molecule has 1 nitrogen and oxygen atoms in total. The van der Waals surface area contributed by atoms with E-state index in [0.717, 1.165) is 12.2 Å². The van der Waals surface area contributed by atoms with Crippen molar-refractivity contribution in [1.82, 2.24) is 0 Å². The van der Waals surface area contributed by atoms with Gasteiger partial charge in [0.05, 0.1) is 7.11 Å². The highest BCUT2D eigenvalue weighted by molar-refractivity contribution is 5.40. The Bertz CT molecular complexity index is 377. The maximum absolute atomic E-state index is 5.41. The Morgan fingerprint density at radius 1 is 1.24 bits per heavy atom. The number of benzene rings is 1. The zero-order valence-corrected chi connectivity index (χ0v) is 11.7. The van der Waals surface area contributed by atoms with Crippen LogP contribution in [-0.2, 0) is 0 Å². The van der Waals surface area contributed by atoms with E-state index in [4.69, 9.17) is 4.74 Å². The van der Waals surface area contributed by atoms with Gasteiger partial charge in [-0.1, -0.05) is 45.1 Å². The fourth-order valence-corrected chi connectivity index (χ4v) is 1.99. The number of ether oxygens (including phenoxy) is 1. The van der Waals surface area contributed by atoms with Crippen LogP contribution in [0.5, 0.6) is 5.75 Å². The Hall–Kier alpha value is -1.24. The second-order valence-corrected chi connectivity index (χ2v) is 4.86. The van der Waals surface area contributed by atoms with Gasteiger partial charge in [-0.05, 0) is 42.4 Å². The molecule has 0 aliphatic rings. The van der Waals surface area contributed by atoms with E-state index in [1.54, 1.807) is 7.11 Å². The molecule has 1 aromatic rings. The minimum absolute atomic E-state index is 0.499. The van der Waals surface area contributed by atoms with Crippen molar-refractivity contribution < 1.29 is 4.74 Å². The van der Waals surface area contributed by atoms with Crippen molar-refractivity contribution in [3.05, 3.63) is 41.5 Å². The summed E-state index contributed by atoms with van der Waals surface area (Å²) in [6.07, 6.45) is 5.44. The maximum atomic E-state index is 5.41. The largest absolute Gasteiger partial charge is 0.496 e. The molecule has 0 heterocycles. The molecule has 0 radical (unpaired) electrons. The topological polar surface area (TPSA) is 9.23 Å². The first kappa shape index (κ1) is 13.8. The van der Waals surface area contributed by atoms with Crippen molar-refractivity contribution in [3.8, 4) is 5.75 Å². The molecule has 1 atom stereocenters. The highest BCUT2D eigenvalue weighted by atomic mass is 16.5. The van der Waals surface area contributed by atoms with Gasteiger partial charge in [0, 0.05) is 0 Å². The van der Waals surface area contributed by atoms with E-state index < -0.39 is 0 Å². The van der Waals surface area contributed by atoms with E-state index in [0.29, 0.717) is 11.8 Å². The van der Waals surface area contributed by atoms with Gasteiger partial charge in [-0.25, -0.2) is 0 Å². The van der Waals surface area contributed by atoms with Crippen molar-refractivity contribution in [3.63, 3.8) is 0 Å². The molecule has 17 heavy (non-hydrogen) atoms. The molecule has 0 aliphatic heterocycles. The van der Waals surface area contributed by atoms with Gasteiger partial charge in [-0.2, -0.15) is 0 Å². The lowest BCUT2D eigenvalue weighted by Gasteiger charge is -2.16. The third-order valence-corrected chi connectivity index (χ3v) is 3.17. The van der Waals surface area contributed by atoms with E-state index in [9.17, 15) is 0 Å². The van der Waals surface area contributed by atoms with Crippen molar-refractivity contribution in [2.45, 2.75) is 46.0 Å². The van der Waals surface area contributed by atoms with E-state index in [2.05, 4.69) is 58.0 Å². The summed E-state index contributed by atoms with van der Waals surface area (Å²) in [6.45, 7) is 8.75. The summed E-state index contributed by atoms with van der Waals surface area (Å²) >= 11 is 0. The summed E-state index contributed by atoms with van der Waals surface area (Å²) in [7, 11) is 1.74. The summed E-state index contributed by atoms with van der Waals surface area (Å²) in [6, 6.07) is 6.56. The van der Waals surface area contributed by atoms with Gasteiger partial charge in [-0.15, -0.1) is 0 Å². The summed E-state index contributed by atoms with van der Waals surface area (Å²) < 4.78 is 5.41. The molecular formula is C16H24O. The first-order valence-corrected chi connectivity index (χ1v) is 6.39. The Kier molecular flexibility index (Phi) is 5.27. The minimum Gasteiger partial charge on any atom is -0.496 e. The zero-order chi connectivity index (χ0) is 12.8. The summed E-state index contributed by atoms with van der Waals surface area (Å²) in [4.78, 5) is 0. The second-order valence-electron chi connectivity index (χ2n) is 4.86. The summed E-state index contributed by atoms with van der Waals surface area (Å²) in [5.41, 5.74) is 2.70. The van der Waals surface area contributed by atoms with Crippen LogP contribution in [0.1, 0.15) is 57.1 Å². The number of hydrogen-bond donors (Lipinski definition) is 0. The van der Waals surface area contributed by atoms with Gasteiger partial charge in [-0.3, -0.25) is 0 Å². The normalized spacial score (nSPS) is 13.3. The smallest absolute Gasteiger partial charge is 0.122 e. The molecule has 1 rings (SSSR count). The van der Waals surface area contributed by atoms with Crippen molar-refractivity contribution in [1.29, 1.82) is 0 Å². The number of rotatable bonds is 5. The van der Waals surface area contributed by atoms with Gasteiger partial charge in [0.25, 0.3) is 0 Å². The maximum Gasteiger partial charge on any atom is 0.122 e. The van der Waals surface area contributed by atoms with Gasteiger partial charge in [0.15, 0.2) is 0 Å². The standard InChI is InChI=1S/C16H24O/c1-6-7-8-13(4)14-9-10-16(17-5)15(11-14)12(2)3/h6-7,9-13H,8H2,1-5H3/b7-6-. The van der Waals surface area contributed by atoms with Crippen LogP contribution in [0.2, 0.25) is 0 Å². The van der Waals surface area contributed by atoms with Crippen LogP contribution >= 0.6 is 0 Å². The molecule has 0 saturated carbocycles. The molecule has 0 amide bonds. The Balaban J connectivity index is 2.99. The SMILES string of the molecule is C/C=C\CC(C)c1ccc(OC)c(C(C)C)c1. The average Bonchev–Trinajstić information content (AvgIpc) is 2.34. The van der Waals surface area contributed by atoms with Crippen LogP contribution in [0.4, 0.5) is 0 Å². The van der Waals surface area contributed by atoms with Gasteiger partial charge >= 0.3 is 0 Å². The first-order chi connectivity index (χ1) is 8.10. The zero-order valence-electron chi connectivity index (χ0n) is 11.7. The quantitative estimate of drug-likeness (QED) is 0.657. The van der Waals surface area contributed by atoms with Gasteiger partial charge in [0.1, 0.15) is 5.75 Å². The third kappa shape index (κ3) is 3.62. The molecule has 0 aliphatic carbocycles. The Morgan fingerprint density at radius 2 is 1.94 bits per heavy atom. The molecule has 0 aromatic heterocycles. The van der Waals surface area contributed by atoms with Gasteiger partial charge < -0.3 is 4.74 Å². The molecule has 94 valence electrons. The number of allylic oxidation sites excluding steroid dienone is 2. The monoisotopic (exact) mass is 232 g/mol. The Labute approximate surface area is 106 Å². The van der Waals surface area contributed by atoms with Gasteiger partial charge in [0.2, 0.25) is 0 Å². The Morgan fingerprint density at radius 3 is 2.47 bits per heavy atom.